The third-order valence-electron chi connectivity index (χ3n) is 2.51. The standard InChI is InChI=1S/C7H14N2/c8-5-3-6-1-2-7(4-5)9-6/h5-7,9H,1-4,8H2/t5?,6-,7+. The van der Waals surface area contributed by atoms with E-state index in [2.05, 4.69) is 5.32 Å². The minimum atomic E-state index is 0.490. The minimum absolute atomic E-state index is 0.490. The molecule has 0 aromatic carbocycles. The number of nitrogens with one attached hydrogen (secondary N) is 1. The van der Waals surface area contributed by atoms with E-state index in [0.29, 0.717) is 6.04 Å². The fourth-order valence-electron chi connectivity index (χ4n) is 2.10. The first-order valence-corrected chi connectivity index (χ1v) is 3.86. The Labute approximate surface area is 55.8 Å². The van der Waals surface area contributed by atoms with Gasteiger partial charge in [-0.3, -0.25) is 0 Å². The lowest BCUT2D eigenvalue weighted by atomic mass is 10.0. The normalized spacial score (nSPS) is 49.7. The summed E-state index contributed by atoms with van der Waals surface area (Å²) in [6.07, 6.45) is 5.13. The zero-order valence-electron chi connectivity index (χ0n) is 5.64. The summed E-state index contributed by atoms with van der Waals surface area (Å²) in [7, 11) is 0. The van der Waals surface area contributed by atoms with E-state index in [0.717, 1.165) is 12.1 Å². The van der Waals surface area contributed by atoms with Crippen LogP contribution in [-0.4, -0.2) is 18.1 Å². The number of hydrogen-bond acceptors (Lipinski definition) is 2. The Hall–Kier alpha value is -0.0800. The van der Waals surface area contributed by atoms with Crippen molar-refractivity contribution in [3.8, 4) is 0 Å². The van der Waals surface area contributed by atoms with Crippen LogP contribution in [0.4, 0.5) is 0 Å². The van der Waals surface area contributed by atoms with Crippen molar-refractivity contribution in [1.82, 2.24) is 5.32 Å². The summed E-state index contributed by atoms with van der Waals surface area (Å²) in [5, 5.41) is 3.54. The number of fused-ring (bicyclic) bond motifs is 2. The summed E-state index contributed by atoms with van der Waals surface area (Å²) in [6.45, 7) is 0. The molecule has 3 N–H and O–H groups in total. The summed E-state index contributed by atoms with van der Waals surface area (Å²) < 4.78 is 0. The molecule has 2 fully saturated rings. The van der Waals surface area contributed by atoms with Crippen LogP contribution in [0.1, 0.15) is 25.7 Å². The molecule has 2 rings (SSSR count). The molecule has 2 nitrogen and oxygen atoms in total. The average molecular weight is 126 g/mol. The molecular weight excluding hydrogens is 112 g/mol. The van der Waals surface area contributed by atoms with E-state index in [9.17, 15) is 0 Å². The van der Waals surface area contributed by atoms with Crippen LogP contribution < -0.4 is 11.1 Å². The molecule has 1 unspecified atom stereocenters. The van der Waals surface area contributed by atoms with E-state index < -0.39 is 0 Å². The zero-order chi connectivity index (χ0) is 6.27. The minimum Gasteiger partial charge on any atom is -0.328 e. The van der Waals surface area contributed by atoms with Crippen molar-refractivity contribution in [2.75, 3.05) is 0 Å². The van der Waals surface area contributed by atoms with Gasteiger partial charge >= 0.3 is 0 Å². The van der Waals surface area contributed by atoms with Crippen LogP contribution >= 0.6 is 0 Å². The van der Waals surface area contributed by atoms with Crippen LogP contribution in [0, 0.1) is 0 Å². The van der Waals surface area contributed by atoms with Crippen LogP contribution in [0.25, 0.3) is 0 Å². The smallest absolute Gasteiger partial charge is 0.00849 e. The topological polar surface area (TPSA) is 38.0 Å². The Bertz CT molecular complexity index is 101. The molecule has 2 heteroatoms. The third kappa shape index (κ3) is 0.970. The first-order valence-electron chi connectivity index (χ1n) is 3.86. The maximum absolute atomic E-state index is 5.82. The molecule has 2 saturated heterocycles. The Morgan fingerprint density at radius 3 is 2.22 bits per heavy atom. The Morgan fingerprint density at radius 1 is 1.11 bits per heavy atom. The van der Waals surface area contributed by atoms with Crippen molar-refractivity contribution in [2.45, 2.75) is 43.8 Å². The largest absolute Gasteiger partial charge is 0.328 e. The van der Waals surface area contributed by atoms with Gasteiger partial charge in [0.2, 0.25) is 0 Å². The molecule has 9 heavy (non-hydrogen) atoms. The average Bonchev–Trinajstić information content (AvgIpc) is 2.11. The van der Waals surface area contributed by atoms with Gasteiger partial charge in [0.1, 0.15) is 0 Å². The summed E-state index contributed by atoms with van der Waals surface area (Å²) in [6, 6.07) is 2.02. The van der Waals surface area contributed by atoms with Crippen LogP contribution in [0.5, 0.6) is 0 Å². The molecule has 2 bridgehead atoms. The highest BCUT2D eigenvalue weighted by Gasteiger charge is 2.31. The maximum Gasteiger partial charge on any atom is 0.00849 e. The maximum atomic E-state index is 5.82. The molecule has 3 atom stereocenters. The Balaban J connectivity index is 2.03. The van der Waals surface area contributed by atoms with Gasteiger partial charge in [-0.15, -0.1) is 0 Å². The third-order valence-corrected chi connectivity index (χ3v) is 2.51. The number of nitrogens with two attached hydrogens (primary N) is 1. The molecule has 2 aliphatic rings. The first-order chi connectivity index (χ1) is 4.34. The van der Waals surface area contributed by atoms with Crippen LogP contribution in [0.3, 0.4) is 0 Å². The second-order valence-electron chi connectivity index (χ2n) is 3.37. The number of piperidine rings is 1. The lowest BCUT2D eigenvalue weighted by molar-refractivity contribution is 0.363. The second-order valence-corrected chi connectivity index (χ2v) is 3.37. The second kappa shape index (κ2) is 1.96. The summed E-state index contributed by atoms with van der Waals surface area (Å²) in [5.41, 5.74) is 5.82. The molecule has 0 aromatic rings. The van der Waals surface area contributed by atoms with Crippen LogP contribution in [-0.2, 0) is 0 Å². The Kier molecular flexibility index (Phi) is 1.24. The van der Waals surface area contributed by atoms with Crippen molar-refractivity contribution < 1.29 is 0 Å². The molecule has 0 aromatic heterocycles. The molecule has 52 valence electrons. The van der Waals surface area contributed by atoms with Gasteiger partial charge in [0.25, 0.3) is 0 Å². The SMILES string of the molecule is NC1C[C@H]2CC[C@@H](C1)N2. The van der Waals surface area contributed by atoms with Gasteiger partial charge in [-0.25, -0.2) is 0 Å². The summed E-state index contributed by atoms with van der Waals surface area (Å²) >= 11 is 0. The van der Waals surface area contributed by atoms with Crippen molar-refractivity contribution >= 4 is 0 Å². The molecule has 0 spiro atoms. The number of rotatable bonds is 0. The molecule has 0 amide bonds. The molecule has 0 saturated carbocycles. The van der Waals surface area contributed by atoms with Gasteiger partial charge in [0.15, 0.2) is 0 Å². The first kappa shape index (κ1) is 5.69. The summed E-state index contributed by atoms with van der Waals surface area (Å²) in [4.78, 5) is 0. The predicted molar refractivity (Wildman–Crippen MR) is 37.2 cm³/mol. The molecule has 0 radical (unpaired) electrons. The highest BCUT2D eigenvalue weighted by Crippen LogP contribution is 2.25. The molecule has 2 aliphatic heterocycles. The zero-order valence-corrected chi connectivity index (χ0v) is 5.64. The fourth-order valence-corrected chi connectivity index (χ4v) is 2.10. The van der Waals surface area contributed by atoms with Crippen molar-refractivity contribution in [2.24, 2.45) is 5.73 Å². The molecule has 0 aliphatic carbocycles. The number of hydrogen-bond donors (Lipinski definition) is 2. The van der Waals surface area contributed by atoms with Gasteiger partial charge in [0.05, 0.1) is 0 Å². The van der Waals surface area contributed by atoms with Crippen LogP contribution in [0.15, 0.2) is 0 Å². The Morgan fingerprint density at radius 2 is 1.67 bits per heavy atom. The van der Waals surface area contributed by atoms with Gasteiger partial charge in [0, 0.05) is 18.1 Å². The lowest BCUT2D eigenvalue weighted by Gasteiger charge is -2.25. The van der Waals surface area contributed by atoms with E-state index in [4.69, 9.17) is 5.73 Å². The van der Waals surface area contributed by atoms with Crippen molar-refractivity contribution in [3.05, 3.63) is 0 Å². The van der Waals surface area contributed by atoms with Gasteiger partial charge in [-0.1, -0.05) is 0 Å². The predicted octanol–water partition coefficient (Wildman–Crippen LogP) is 0.228. The van der Waals surface area contributed by atoms with Gasteiger partial charge < -0.3 is 11.1 Å². The fraction of sp³-hybridized carbons (Fsp3) is 1.00. The highest BCUT2D eigenvalue weighted by atomic mass is 15.0. The van der Waals surface area contributed by atoms with E-state index in [1.54, 1.807) is 0 Å². The monoisotopic (exact) mass is 126 g/mol. The van der Waals surface area contributed by atoms with E-state index >= 15 is 0 Å². The molecular formula is C7H14N2. The van der Waals surface area contributed by atoms with E-state index in [1.165, 1.54) is 25.7 Å². The van der Waals surface area contributed by atoms with Crippen molar-refractivity contribution in [1.29, 1.82) is 0 Å². The quantitative estimate of drug-likeness (QED) is 0.487. The highest BCUT2D eigenvalue weighted by molar-refractivity contribution is 4.93. The van der Waals surface area contributed by atoms with Gasteiger partial charge in [-0.2, -0.15) is 0 Å². The van der Waals surface area contributed by atoms with Crippen LogP contribution in [0.2, 0.25) is 0 Å². The molecule has 2 heterocycles. The van der Waals surface area contributed by atoms with E-state index in [-0.39, 0.29) is 0 Å². The van der Waals surface area contributed by atoms with Crippen molar-refractivity contribution in [3.63, 3.8) is 0 Å². The van der Waals surface area contributed by atoms with E-state index in [1.807, 2.05) is 0 Å². The lowest BCUT2D eigenvalue weighted by Crippen LogP contribution is -2.43. The van der Waals surface area contributed by atoms with Gasteiger partial charge in [-0.05, 0) is 25.7 Å². The summed E-state index contributed by atoms with van der Waals surface area (Å²) in [5.74, 6) is 0.